The first-order valence-electron chi connectivity index (χ1n) is 6.45. The molecule has 1 aliphatic carbocycles. The van der Waals surface area contributed by atoms with Crippen LogP contribution in [0.1, 0.15) is 43.4 Å². The van der Waals surface area contributed by atoms with Gasteiger partial charge in [0.25, 0.3) is 0 Å². The normalized spacial score (nSPS) is 15.7. The van der Waals surface area contributed by atoms with Crippen LogP contribution in [0.4, 0.5) is 0 Å². The quantitative estimate of drug-likeness (QED) is 0.799. The molecule has 3 nitrogen and oxygen atoms in total. The van der Waals surface area contributed by atoms with Gasteiger partial charge in [0.1, 0.15) is 5.82 Å². The number of hydrogen-bond acceptors (Lipinski definition) is 2. The zero-order chi connectivity index (χ0) is 11.5. The highest BCUT2D eigenvalue weighted by Crippen LogP contribution is 2.27. The Labute approximate surface area is 98.3 Å². The Hall–Kier alpha value is -0.830. The average molecular weight is 221 g/mol. The Morgan fingerprint density at radius 3 is 2.75 bits per heavy atom. The largest absolute Gasteiger partial charge is 0.331 e. The molecule has 1 aromatic heterocycles. The lowest BCUT2D eigenvalue weighted by Gasteiger charge is -2.09. The van der Waals surface area contributed by atoms with Crippen LogP contribution in [-0.4, -0.2) is 16.1 Å². The monoisotopic (exact) mass is 221 g/mol. The van der Waals surface area contributed by atoms with Gasteiger partial charge in [-0.1, -0.05) is 6.92 Å². The molecule has 0 saturated heterocycles. The van der Waals surface area contributed by atoms with Gasteiger partial charge in [-0.25, -0.2) is 4.98 Å². The average Bonchev–Trinajstić information content (AvgIpc) is 3.03. The summed E-state index contributed by atoms with van der Waals surface area (Å²) in [6.07, 6.45) is 4.00. The fraction of sp³-hybridized carbons (Fsp3) is 0.769. The summed E-state index contributed by atoms with van der Waals surface area (Å²) in [4.78, 5) is 4.65. The fourth-order valence-electron chi connectivity index (χ4n) is 2.09. The number of rotatable bonds is 6. The minimum Gasteiger partial charge on any atom is -0.331 e. The van der Waals surface area contributed by atoms with Crippen molar-refractivity contribution in [1.82, 2.24) is 14.9 Å². The van der Waals surface area contributed by atoms with Crippen molar-refractivity contribution in [2.75, 3.05) is 6.54 Å². The standard InChI is InChI=1S/C13H23N3/c1-4-7-16-11(3)10(2)15-13(16)9-14-8-12-5-6-12/h12,14H,4-9H2,1-3H3. The van der Waals surface area contributed by atoms with E-state index in [-0.39, 0.29) is 0 Å². The van der Waals surface area contributed by atoms with Crippen molar-refractivity contribution in [2.24, 2.45) is 5.92 Å². The molecule has 0 aliphatic heterocycles. The third kappa shape index (κ3) is 2.64. The molecule has 1 fully saturated rings. The van der Waals surface area contributed by atoms with Crippen LogP contribution in [0.15, 0.2) is 0 Å². The molecule has 0 aromatic carbocycles. The summed E-state index contributed by atoms with van der Waals surface area (Å²) in [5.41, 5.74) is 2.50. The first-order chi connectivity index (χ1) is 7.72. The van der Waals surface area contributed by atoms with Gasteiger partial charge in [-0.3, -0.25) is 0 Å². The van der Waals surface area contributed by atoms with Gasteiger partial charge in [0, 0.05) is 12.2 Å². The molecular formula is C13H23N3. The van der Waals surface area contributed by atoms with E-state index in [9.17, 15) is 0 Å². The number of nitrogens with zero attached hydrogens (tertiary/aromatic N) is 2. The van der Waals surface area contributed by atoms with Crippen LogP contribution in [0.25, 0.3) is 0 Å². The summed E-state index contributed by atoms with van der Waals surface area (Å²) in [5, 5.41) is 3.52. The Morgan fingerprint density at radius 2 is 2.12 bits per heavy atom. The highest BCUT2D eigenvalue weighted by Gasteiger charge is 2.20. The predicted octanol–water partition coefficient (Wildman–Crippen LogP) is 2.41. The lowest BCUT2D eigenvalue weighted by molar-refractivity contribution is 0.566. The first-order valence-corrected chi connectivity index (χ1v) is 6.45. The molecule has 1 heterocycles. The summed E-state index contributed by atoms with van der Waals surface area (Å²) in [7, 11) is 0. The zero-order valence-corrected chi connectivity index (χ0v) is 10.7. The first kappa shape index (κ1) is 11.6. The minimum absolute atomic E-state index is 0.922. The maximum absolute atomic E-state index is 4.65. The van der Waals surface area contributed by atoms with Gasteiger partial charge in [0.05, 0.1) is 12.2 Å². The molecule has 2 rings (SSSR count). The predicted molar refractivity (Wildman–Crippen MR) is 66.4 cm³/mol. The molecule has 0 spiro atoms. The molecular weight excluding hydrogens is 198 g/mol. The van der Waals surface area contributed by atoms with Crippen molar-refractivity contribution in [3.63, 3.8) is 0 Å². The van der Waals surface area contributed by atoms with Crippen LogP contribution in [0.2, 0.25) is 0 Å². The second-order valence-electron chi connectivity index (χ2n) is 4.92. The number of nitrogens with one attached hydrogen (secondary N) is 1. The van der Waals surface area contributed by atoms with Crippen molar-refractivity contribution < 1.29 is 0 Å². The van der Waals surface area contributed by atoms with Crippen LogP contribution in [-0.2, 0) is 13.1 Å². The van der Waals surface area contributed by atoms with E-state index in [1.165, 1.54) is 36.5 Å². The molecule has 0 bridgehead atoms. The van der Waals surface area contributed by atoms with E-state index in [0.717, 1.165) is 25.6 Å². The van der Waals surface area contributed by atoms with Crippen molar-refractivity contribution in [1.29, 1.82) is 0 Å². The molecule has 1 aliphatic rings. The summed E-state index contributed by atoms with van der Waals surface area (Å²) in [5.74, 6) is 2.15. The fourth-order valence-corrected chi connectivity index (χ4v) is 2.09. The highest BCUT2D eigenvalue weighted by molar-refractivity contribution is 5.14. The van der Waals surface area contributed by atoms with Crippen molar-refractivity contribution in [3.05, 3.63) is 17.2 Å². The van der Waals surface area contributed by atoms with Crippen LogP contribution in [0.3, 0.4) is 0 Å². The maximum atomic E-state index is 4.65. The van der Waals surface area contributed by atoms with Gasteiger partial charge >= 0.3 is 0 Å². The Kier molecular flexibility index (Phi) is 3.64. The van der Waals surface area contributed by atoms with E-state index in [2.05, 4.69) is 35.6 Å². The molecule has 0 unspecified atom stereocenters. The lowest BCUT2D eigenvalue weighted by Crippen LogP contribution is -2.19. The summed E-state index contributed by atoms with van der Waals surface area (Å²) < 4.78 is 2.36. The zero-order valence-electron chi connectivity index (χ0n) is 10.7. The number of aromatic nitrogens is 2. The van der Waals surface area contributed by atoms with Crippen molar-refractivity contribution >= 4 is 0 Å². The van der Waals surface area contributed by atoms with Crippen molar-refractivity contribution in [2.45, 2.75) is 53.1 Å². The van der Waals surface area contributed by atoms with Crippen molar-refractivity contribution in [3.8, 4) is 0 Å². The van der Waals surface area contributed by atoms with Gasteiger partial charge in [0.2, 0.25) is 0 Å². The number of aryl methyl sites for hydroxylation is 1. The van der Waals surface area contributed by atoms with Crippen LogP contribution in [0.5, 0.6) is 0 Å². The molecule has 0 atom stereocenters. The minimum atomic E-state index is 0.922. The second-order valence-corrected chi connectivity index (χ2v) is 4.92. The molecule has 1 aromatic rings. The van der Waals surface area contributed by atoms with E-state index in [4.69, 9.17) is 0 Å². The van der Waals surface area contributed by atoms with Gasteiger partial charge in [-0.2, -0.15) is 0 Å². The van der Waals surface area contributed by atoms with E-state index in [0.29, 0.717) is 0 Å². The molecule has 90 valence electrons. The lowest BCUT2D eigenvalue weighted by atomic mass is 10.3. The topological polar surface area (TPSA) is 29.9 Å². The Morgan fingerprint density at radius 1 is 1.38 bits per heavy atom. The molecule has 3 heteroatoms. The SMILES string of the molecule is CCCn1c(CNCC2CC2)nc(C)c1C. The summed E-state index contributed by atoms with van der Waals surface area (Å²) in [6, 6.07) is 0. The molecule has 0 radical (unpaired) electrons. The van der Waals surface area contributed by atoms with Gasteiger partial charge < -0.3 is 9.88 Å². The van der Waals surface area contributed by atoms with Gasteiger partial charge in [-0.15, -0.1) is 0 Å². The highest BCUT2D eigenvalue weighted by atomic mass is 15.1. The number of imidazole rings is 1. The van der Waals surface area contributed by atoms with E-state index < -0.39 is 0 Å². The van der Waals surface area contributed by atoms with Crippen LogP contribution in [0, 0.1) is 19.8 Å². The molecule has 1 saturated carbocycles. The van der Waals surface area contributed by atoms with Gasteiger partial charge in [-0.05, 0) is 45.6 Å². The molecule has 16 heavy (non-hydrogen) atoms. The molecule has 0 amide bonds. The number of hydrogen-bond donors (Lipinski definition) is 1. The van der Waals surface area contributed by atoms with E-state index >= 15 is 0 Å². The smallest absolute Gasteiger partial charge is 0.123 e. The van der Waals surface area contributed by atoms with E-state index in [1.807, 2.05) is 0 Å². The maximum Gasteiger partial charge on any atom is 0.123 e. The van der Waals surface area contributed by atoms with Gasteiger partial charge in [0.15, 0.2) is 0 Å². The molecule has 1 N–H and O–H groups in total. The Bertz CT molecular complexity index is 350. The summed E-state index contributed by atoms with van der Waals surface area (Å²) >= 11 is 0. The Balaban J connectivity index is 1.96. The third-order valence-electron chi connectivity index (χ3n) is 3.40. The van der Waals surface area contributed by atoms with E-state index in [1.54, 1.807) is 0 Å². The summed E-state index contributed by atoms with van der Waals surface area (Å²) in [6.45, 7) is 9.67. The van der Waals surface area contributed by atoms with Crippen LogP contribution < -0.4 is 5.32 Å². The second kappa shape index (κ2) is 5.00. The van der Waals surface area contributed by atoms with Crippen LogP contribution >= 0.6 is 0 Å². The third-order valence-corrected chi connectivity index (χ3v) is 3.40.